The van der Waals surface area contributed by atoms with Crippen molar-refractivity contribution in [3.8, 4) is 5.75 Å². The Bertz CT molecular complexity index is 636. The maximum absolute atomic E-state index is 13.5. The molecule has 0 radical (unpaired) electrons. The quantitative estimate of drug-likeness (QED) is 0.797. The molecule has 0 atom stereocenters. The first-order chi connectivity index (χ1) is 9.95. The van der Waals surface area contributed by atoms with Crippen LogP contribution in [-0.2, 0) is 6.54 Å². The molecule has 7 heteroatoms. The van der Waals surface area contributed by atoms with Crippen LogP contribution >= 0.6 is 11.6 Å². The fourth-order valence-electron chi connectivity index (χ4n) is 1.66. The molecule has 0 aliphatic rings. The SMILES string of the molecule is Fc1cc(Cl)ccc1CNc1ccc(OC(F)F)c(F)c1. The van der Waals surface area contributed by atoms with E-state index in [1.54, 1.807) is 0 Å². The van der Waals surface area contributed by atoms with E-state index in [-0.39, 0.29) is 11.6 Å². The standard InChI is InChI=1S/C14H10ClF4NO/c15-9-2-1-8(11(16)5-9)7-20-10-3-4-13(12(17)6-10)21-14(18)19/h1-6,14,20H,7H2. The number of hydrogen-bond acceptors (Lipinski definition) is 2. The molecule has 112 valence electrons. The van der Waals surface area contributed by atoms with Crippen LogP contribution < -0.4 is 10.1 Å². The van der Waals surface area contributed by atoms with Crippen LogP contribution in [0, 0.1) is 11.6 Å². The highest BCUT2D eigenvalue weighted by Crippen LogP contribution is 2.23. The maximum atomic E-state index is 13.5. The van der Waals surface area contributed by atoms with E-state index in [9.17, 15) is 17.6 Å². The number of rotatable bonds is 5. The van der Waals surface area contributed by atoms with E-state index in [1.807, 2.05) is 0 Å². The molecular weight excluding hydrogens is 310 g/mol. The van der Waals surface area contributed by atoms with Crippen LogP contribution in [0.2, 0.25) is 5.02 Å². The van der Waals surface area contributed by atoms with Crippen molar-refractivity contribution in [3.05, 3.63) is 58.6 Å². The fraction of sp³-hybridized carbons (Fsp3) is 0.143. The average molecular weight is 320 g/mol. The number of ether oxygens (including phenoxy) is 1. The second-order valence-corrected chi connectivity index (χ2v) is 4.55. The van der Waals surface area contributed by atoms with E-state index in [0.29, 0.717) is 11.3 Å². The molecule has 0 unspecified atom stereocenters. The summed E-state index contributed by atoms with van der Waals surface area (Å²) in [7, 11) is 0. The summed E-state index contributed by atoms with van der Waals surface area (Å²) in [6.07, 6.45) is 0. The van der Waals surface area contributed by atoms with Crippen LogP contribution in [0.3, 0.4) is 0 Å². The zero-order valence-electron chi connectivity index (χ0n) is 10.5. The van der Waals surface area contributed by atoms with Crippen LogP contribution in [0.25, 0.3) is 0 Å². The summed E-state index contributed by atoms with van der Waals surface area (Å²) in [4.78, 5) is 0. The zero-order chi connectivity index (χ0) is 15.4. The van der Waals surface area contributed by atoms with Crippen LogP contribution in [0.1, 0.15) is 5.56 Å². The van der Waals surface area contributed by atoms with Gasteiger partial charge in [0.05, 0.1) is 0 Å². The van der Waals surface area contributed by atoms with E-state index in [4.69, 9.17) is 11.6 Å². The fourth-order valence-corrected chi connectivity index (χ4v) is 1.82. The molecule has 2 rings (SSSR count). The molecule has 0 saturated carbocycles. The maximum Gasteiger partial charge on any atom is 0.387 e. The molecule has 2 aromatic rings. The predicted octanol–water partition coefficient (Wildman–Crippen LogP) is 4.83. The van der Waals surface area contributed by atoms with Gasteiger partial charge in [-0.3, -0.25) is 0 Å². The molecule has 0 spiro atoms. The smallest absolute Gasteiger partial charge is 0.387 e. The Balaban J connectivity index is 2.05. The summed E-state index contributed by atoms with van der Waals surface area (Å²) >= 11 is 5.63. The molecule has 0 bridgehead atoms. The molecule has 0 aliphatic heterocycles. The van der Waals surface area contributed by atoms with Gasteiger partial charge in [-0.15, -0.1) is 0 Å². The van der Waals surface area contributed by atoms with E-state index in [0.717, 1.165) is 12.1 Å². The largest absolute Gasteiger partial charge is 0.432 e. The third-order valence-electron chi connectivity index (χ3n) is 2.65. The van der Waals surface area contributed by atoms with Gasteiger partial charge >= 0.3 is 6.61 Å². The average Bonchev–Trinajstić information content (AvgIpc) is 2.40. The minimum absolute atomic E-state index is 0.0947. The first kappa shape index (κ1) is 15.4. The molecule has 0 amide bonds. The Morgan fingerprint density at radius 3 is 2.43 bits per heavy atom. The van der Waals surface area contributed by atoms with Gasteiger partial charge in [0.15, 0.2) is 11.6 Å². The van der Waals surface area contributed by atoms with Crippen molar-refractivity contribution in [1.29, 1.82) is 0 Å². The number of halogens is 5. The van der Waals surface area contributed by atoms with Gasteiger partial charge in [0.2, 0.25) is 0 Å². The summed E-state index contributed by atoms with van der Waals surface area (Å²) in [5.41, 5.74) is 0.649. The Morgan fingerprint density at radius 1 is 1.05 bits per heavy atom. The first-order valence-corrected chi connectivity index (χ1v) is 6.25. The lowest BCUT2D eigenvalue weighted by Crippen LogP contribution is -2.05. The lowest BCUT2D eigenvalue weighted by Gasteiger charge is -2.10. The minimum atomic E-state index is -3.10. The van der Waals surface area contributed by atoms with Gasteiger partial charge in [-0.25, -0.2) is 8.78 Å². The van der Waals surface area contributed by atoms with Crippen molar-refractivity contribution in [2.45, 2.75) is 13.2 Å². The number of anilines is 1. The van der Waals surface area contributed by atoms with E-state index in [2.05, 4.69) is 10.1 Å². The normalized spacial score (nSPS) is 10.8. The molecule has 1 N–H and O–H groups in total. The van der Waals surface area contributed by atoms with Gasteiger partial charge in [0.25, 0.3) is 0 Å². The Hall–Kier alpha value is -1.95. The zero-order valence-corrected chi connectivity index (χ0v) is 11.3. The summed E-state index contributed by atoms with van der Waals surface area (Å²) in [5, 5.41) is 3.05. The summed E-state index contributed by atoms with van der Waals surface area (Å²) < 4.78 is 55.0. The van der Waals surface area contributed by atoms with Crippen molar-refractivity contribution in [2.24, 2.45) is 0 Å². The highest BCUT2D eigenvalue weighted by molar-refractivity contribution is 6.30. The molecule has 2 aromatic carbocycles. The van der Waals surface area contributed by atoms with Crippen LogP contribution in [-0.4, -0.2) is 6.61 Å². The Morgan fingerprint density at radius 2 is 1.81 bits per heavy atom. The second-order valence-electron chi connectivity index (χ2n) is 4.11. The Kier molecular flexibility index (Phi) is 4.90. The molecule has 0 saturated heterocycles. The third-order valence-corrected chi connectivity index (χ3v) is 2.88. The number of nitrogens with one attached hydrogen (secondary N) is 1. The molecule has 2 nitrogen and oxygen atoms in total. The predicted molar refractivity (Wildman–Crippen MR) is 71.8 cm³/mol. The van der Waals surface area contributed by atoms with Gasteiger partial charge in [-0.1, -0.05) is 17.7 Å². The van der Waals surface area contributed by atoms with Crippen molar-refractivity contribution in [3.63, 3.8) is 0 Å². The molecular formula is C14H10ClF4NO. The topological polar surface area (TPSA) is 21.3 Å². The van der Waals surface area contributed by atoms with Gasteiger partial charge in [0.1, 0.15) is 5.82 Å². The number of benzene rings is 2. The Labute approximate surface area is 123 Å². The van der Waals surface area contributed by atoms with Crippen molar-refractivity contribution in [2.75, 3.05) is 5.32 Å². The van der Waals surface area contributed by atoms with Crippen molar-refractivity contribution >= 4 is 17.3 Å². The van der Waals surface area contributed by atoms with Crippen molar-refractivity contribution < 1.29 is 22.3 Å². The molecule has 0 heterocycles. The van der Waals surface area contributed by atoms with Crippen molar-refractivity contribution in [1.82, 2.24) is 0 Å². The number of hydrogen-bond donors (Lipinski definition) is 1. The van der Waals surface area contributed by atoms with Gasteiger partial charge in [0, 0.05) is 28.9 Å². The molecule has 0 aliphatic carbocycles. The summed E-state index contributed by atoms with van der Waals surface area (Å²) in [5.74, 6) is -1.97. The summed E-state index contributed by atoms with van der Waals surface area (Å²) in [6, 6.07) is 7.61. The first-order valence-electron chi connectivity index (χ1n) is 5.88. The minimum Gasteiger partial charge on any atom is -0.432 e. The van der Waals surface area contributed by atoms with Crippen LogP contribution in [0.4, 0.5) is 23.2 Å². The third kappa shape index (κ3) is 4.26. The highest BCUT2D eigenvalue weighted by atomic mass is 35.5. The van der Waals surface area contributed by atoms with E-state index >= 15 is 0 Å². The molecule has 21 heavy (non-hydrogen) atoms. The monoisotopic (exact) mass is 319 g/mol. The van der Waals surface area contributed by atoms with E-state index < -0.39 is 24.0 Å². The molecule has 0 aromatic heterocycles. The van der Waals surface area contributed by atoms with E-state index in [1.165, 1.54) is 24.3 Å². The highest BCUT2D eigenvalue weighted by Gasteiger charge is 2.10. The van der Waals surface area contributed by atoms with Gasteiger partial charge in [-0.2, -0.15) is 8.78 Å². The lowest BCUT2D eigenvalue weighted by molar-refractivity contribution is -0.0521. The van der Waals surface area contributed by atoms with Crippen LogP contribution in [0.5, 0.6) is 5.75 Å². The van der Waals surface area contributed by atoms with Crippen LogP contribution in [0.15, 0.2) is 36.4 Å². The van der Waals surface area contributed by atoms with Gasteiger partial charge < -0.3 is 10.1 Å². The molecule has 0 fully saturated rings. The number of alkyl halides is 2. The summed E-state index contributed by atoms with van der Waals surface area (Å²) in [6.45, 7) is -3.00. The lowest BCUT2D eigenvalue weighted by atomic mass is 10.2. The van der Waals surface area contributed by atoms with Gasteiger partial charge in [-0.05, 0) is 24.3 Å². The second kappa shape index (κ2) is 6.67.